The van der Waals surface area contributed by atoms with Crippen LogP contribution in [0.2, 0.25) is 0 Å². The molecule has 1 heterocycles. The zero-order valence-corrected chi connectivity index (χ0v) is 12.1. The van der Waals surface area contributed by atoms with Gasteiger partial charge in [-0.2, -0.15) is 0 Å². The SMILES string of the molecule is Cc1ccc([N+](=O)[O-])c(NC2(C)CCN(C(=O)O)CC2)c1. The number of carboxylic acid groups (broad SMARTS) is 1. The minimum absolute atomic E-state index is 0.0440. The molecule has 0 bridgehead atoms. The lowest BCUT2D eigenvalue weighted by Crippen LogP contribution is -2.48. The lowest BCUT2D eigenvalue weighted by molar-refractivity contribution is -0.384. The molecule has 21 heavy (non-hydrogen) atoms. The third-order valence-electron chi connectivity index (χ3n) is 3.92. The van der Waals surface area contributed by atoms with E-state index in [-0.39, 0.29) is 11.2 Å². The van der Waals surface area contributed by atoms with Crippen LogP contribution < -0.4 is 5.32 Å². The molecule has 1 aromatic rings. The molecule has 1 fully saturated rings. The van der Waals surface area contributed by atoms with Crippen molar-refractivity contribution in [3.8, 4) is 0 Å². The van der Waals surface area contributed by atoms with Gasteiger partial charge in [-0.25, -0.2) is 4.79 Å². The van der Waals surface area contributed by atoms with Crippen molar-refractivity contribution >= 4 is 17.5 Å². The monoisotopic (exact) mass is 293 g/mol. The second kappa shape index (κ2) is 5.59. The molecule has 0 radical (unpaired) electrons. The number of likely N-dealkylation sites (tertiary alicyclic amines) is 1. The van der Waals surface area contributed by atoms with Gasteiger partial charge in [0, 0.05) is 24.7 Å². The van der Waals surface area contributed by atoms with Crippen molar-refractivity contribution < 1.29 is 14.8 Å². The highest BCUT2D eigenvalue weighted by Crippen LogP contribution is 2.32. The van der Waals surface area contributed by atoms with Crippen LogP contribution in [0.1, 0.15) is 25.3 Å². The Kier molecular flexibility index (Phi) is 4.02. The molecule has 2 N–H and O–H groups in total. The number of anilines is 1. The summed E-state index contributed by atoms with van der Waals surface area (Å²) in [4.78, 5) is 23.0. The van der Waals surface area contributed by atoms with Gasteiger partial charge in [-0.3, -0.25) is 10.1 Å². The lowest BCUT2D eigenvalue weighted by atomic mass is 9.89. The molecule has 1 aliphatic rings. The molecule has 1 aliphatic heterocycles. The minimum atomic E-state index is -0.918. The molecule has 1 amide bonds. The number of nitrogens with zero attached hydrogens (tertiary/aromatic N) is 2. The Labute approximate surface area is 122 Å². The highest BCUT2D eigenvalue weighted by molar-refractivity contribution is 5.66. The summed E-state index contributed by atoms with van der Waals surface area (Å²) in [6, 6.07) is 4.96. The largest absolute Gasteiger partial charge is 0.465 e. The number of aryl methyl sites for hydroxylation is 1. The zero-order valence-electron chi connectivity index (χ0n) is 12.1. The van der Waals surface area contributed by atoms with Gasteiger partial charge in [0.25, 0.3) is 5.69 Å². The lowest BCUT2D eigenvalue weighted by Gasteiger charge is -2.39. The molecular formula is C14H19N3O4. The summed E-state index contributed by atoms with van der Waals surface area (Å²) < 4.78 is 0. The maximum Gasteiger partial charge on any atom is 0.407 e. The Morgan fingerprint density at radius 1 is 1.43 bits per heavy atom. The molecule has 2 rings (SSSR count). The number of carbonyl (C=O) groups is 1. The summed E-state index contributed by atoms with van der Waals surface area (Å²) in [5.74, 6) is 0. The first kappa shape index (κ1) is 15.1. The highest BCUT2D eigenvalue weighted by atomic mass is 16.6. The summed E-state index contributed by atoms with van der Waals surface area (Å²) in [5.41, 5.74) is 1.13. The van der Waals surface area contributed by atoms with Crippen molar-refractivity contribution in [1.82, 2.24) is 4.90 Å². The number of piperidine rings is 1. The maximum absolute atomic E-state index is 11.1. The van der Waals surface area contributed by atoms with Gasteiger partial charge in [0.1, 0.15) is 5.69 Å². The number of rotatable bonds is 3. The van der Waals surface area contributed by atoms with Crippen molar-refractivity contribution in [2.45, 2.75) is 32.2 Å². The Morgan fingerprint density at radius 3 is 2.57 bits per heavy atom. The highest BCUT2D eigenvalue weighted by Gasteiger charge is 2.33. The van der Waals surface area contributed by atoms with Gasteiger partial charge >= 0.3 is 6.09 Å². The molecule has 7 heteroatoms. The fourth-order valence-corrected chi connectivity index (χ4v) is 2.55. The molecule has 0 aliphatic carbocycles. The van der Waals surface area contributed by atoms with Gasteiger partial charge in [-0.15, -0.1) is 0 Å². The van der Waals surface area contributed by atoms with Gasteiger partial charge in [0.05, 0.1) is 4.92 Å². The van der Waals surface area contributed by atoms with Crippen molar-refractivity contribution in [1.29, 1.82) is 0 Å². The van der Waals surface area contributed by atoms with Crippen LogP contribution in [0.3, 0.4) is 0 Å². The average molecular weight is 293 g/mol. The standard InChI is InChI=1S/C14H19N3O4/c1-10-3-4-12(17(20)21)11(9-10)15-14(2)5-7-16(8-6-14)13(18)19/h3-4,9,15H,5-8H2,1-2H3,(H,18,19). The van der Waals surface area contributed by atoms with Crippen LogP contribution in [0.5, 0.6) is 0 Å². The molecule has 1 saturated heterocycles. The summed E-state index contributed by atoms with van der Waals surface area (Å²) in [7, 11) is 0. The number of hydrogen-bond acceptors (Lipinski definition) is 4. The van der Waals surface area contributed by atoms with E-state index in [1.165, 1.54) is 11.0 Å². The van der Waals surface area contributed by atoms with Crippen molar-refractivity contribution in [2.75, 3.05) is 18.4 Å². The normalized spacial score (nSPS) is 17.3. The number of nitro groups is 1. The predicted octanol–water partition coefficient (Wildman–Crippen LogP) is 2.85. The van der Waals surface area contributed by atoms with Crippen LogP contribution in [0.15, 0.2) is 18.2 Å². The predicted molar refractivity (Wildman–Crippen MR) is 78.7 cm³/mol. The van der Waals surface area contributed by atoms with Crippen molar-refractivity contribution in [3.63, 3.8) is 0 Å². The number of nitro benzene ring substituents is 1. The first-order chi connectivity index (χ1) is 9.81. The Morgan fingerprint density at radius 2 is 2.05 bits per heavy atom. The van der Waals surface area contributed by atoms with E-state index in [1.807, 2.05) is 13.8 Å². The average Bonchev–Trinajstić information content (AvgIpc) is 2.38. The van der Waals surface area contributed by atoms with Crippen LogP contribution in [0.25, 0.3) is 0 Å². The summed E-state index contributed by atoms with van der Waals surface area (Å²) in [5, 5.41) is 23.3. The quantitative estimate of drug-likeness (QED) is 0.660. The minimum Gasteiger partial charge on any atom is -0.465 e. The van der Waals surface area contributed by atoms with E-state index in [1.54, 1.807) is 12.1 Å². The summed E-state index contributed by atoms with van der Waals surface area (Å²) >= 11 is 0. The molecule has 114 valence electrons. The molecular weight excluding hydrogens is 274 g/mol. The van der Waals surface area contributed by atoms with Gasteiger partial charge in [-0.05, 0) is 38.3 Å². The van der Waals surface area contributed by atoms with E-state index >= 15 is 0 Å². The van der Waals surface area contributed by atoms with E-state index in [2.05, 4.69) is 5.32 Å². The van der Waals surface area contributed by atoms with E-state index in [4.69, 9.17) is 5.11 Å². The van der Waals surface area contributed by atoms with Gasteiger partial charge in [0.15, 0.2) is 0 Å². The number of nitrogens with one attached hydrogen (secondary N) is 1. The fourth-order valence-electron chi connectivity index (χ4n) is 2.55. The van der Waals surface area contributed by atoms with E-state index in [0.29, 0.717) is 31.6 Å². The summed E-state index contributed by atoms with van der Waals surface area (Å²) in [6.07, 6.45) is 0.313. The second-order valence-corrected chi connectivity index (χ2v) is 5.73. The second-order valence-electron chi connectivity index (χ2n) is 5.73. The smallest absolute Gasteiger partial charge is 0.407 e. The van der Waals surface area contributed by atoms with Crippen molar-refractivity contribution in [3.05, 3.63) is 33.9 Å². The third-order valence-corrected chi connectivity index (χ3v) is 3.92. The Hall–Kier alpha value is -2.31. The Balaban J connectivity index is 2.16. The summed E-state index contributed by atoms with van der Waals surface area (Å²) in [6.45, 7) is 4.71. The molecule has 0 saturated carbocycles. The first-order valence-electron chi connectivity index (χ1n) is 6.82. The van der Waals surface area contributed by atoms with Crippen LogP contribution in [-0.2, 0) is 0 Å². The first-order valence-corrected chi connectivity index (χ1v) is 6.82. The number of hydrogen-bond donors (Lipinski definition) is 2. The maximum atomic E-state index is 11.1. The topological polar surface area (TPSA) is 95.7 Å². The molecule has 0 unspecified atom stereocenters. The molecule has 0 spiro atoms. The van der Waals surface area contributed by atoms with Gasteiger partial charge < -0.3 is 15.3 Å². The van der Waals surface area contributed by atoms with Gasteiger partial charge in [0.2, 0.25) is 0 Å². The van der Waals surface area contributed by atoms with Crippen LogP contribution in [0, 0.1) is 17.0 Å². The van der Waals surface area contributed by atoms with Crippen LogP contribution in [-0.4, -0.2) is 39.7 Å². The van der Waals surface area contributed by atoms with Gasteiger partial charge in [-0.1, -0.05) is 6.07 Å². The van der Waals surface area contributed by atoms with E-state index in [9.17, 15) is 14.9 Å². The number of amides is 1. The van der Waals surface area contributed by atoms with E-state index in [0.717, 1.165) is 5.56 Å². The van der Waals surface area contributed by atoms with Crippen LogP contribution >= 0.6 is 0 Å². The fraction of sp³-hybridized carbons (Fsp3) is 0.500. The molecule has 1 aromatic carbocycles. The zero-order chi connectivity index (χ0) is 15.6. The van der Waals surface area contributed by atoms with E-state index < -0.39 is 11.0 Å². The molecule has 0 atom stereocenters. The molecule has 0 aromatic heterocycles. The van der Waals surface area contributed by atoms with Crippen LogP contribution in [0.4, 0.5) is 16.2 Å². The molecule has 7 nitrogen and oxygen atoms in total. The Bertz CT molecular complexity index is 565. The third kappa shape index (κ3) is 3.42. The number of benzene rings is 1. The van der Waals surface area contributed by atoms with Crippen molar-refractivity contribution in [2.24, 2.45) is 0 Å².